The first-order valence-electron chi connectivity index (χ1n) is 10.0. The summed E-state index contributed by atoms with van der Waals surface area (Å²) in [5, 5.41) is 0. The number of para-hydroxylation sites is 3. The minimum absolute atomic E-state index is 0.146. The fourth-order valence-electron chi connectivity index (χ4n) is 4.20. The summed E-state index contributed by atoms with van der Waals surface area (Å²) in [6.07, 6.45) is 0. The van der Waals surface area contributed by atoms with Crippen molar-refractivity contribution in [3.05, 3.63) is 104 Å². The van der Waals surface area contributed by atoms with Crippen LogP contribution in [-0.2, 0) is 11.3 Å². The maximum atomic E-state index is 13.6. The lowest BCUT2D eigenvalue weighted by Crippen LogP contribution is -2.31. The molecule has 0 bridgehead atoms. The van der Waals surface area contributed by atoms with Gasteiger partial charge in [0.15, 0.2) is 4.96 Å². The standard InChI is InChI=1S/C25H17N3O2S/c1-15-10-12-16(13-11-15)14-27-19-8-4-2-6-17(19)21(23(27)29)22-24(30)28-20-9-5-3-7-18(20)26-25(28)31-22/h2-13H,14H2,1H3/b22-21+. The van der Waals surface area contributed by atoms with Crippen molar-refractivity contribution >= 4 is 44.5 Å². The number of carbonyl (C=O) groups excluding carboxylic acids is 1. The molecule has 0 atom stereocenters. The highest BCUT2D eigenvalue weighted by Crippen LogP contribution is 2.36. The van der Waals surface area contributed by atoms with E-state index in [0.29, 0.717) is 21.6 Å². The molecule has 0 fully saturated rings. The van der Waals surface area contributed by atoms with E-state index < -0.39 is 0 Å². The second-order valence-corrected chi connectivity index (χ2v) is 8.70. The number of imidazole rings is 1. The van der Waals surface area contributed by atoms with Gasteiger partial charge in [-0.25, -0.2) is 9.38 Å². The minimum atomic E-state index is -0.191. The Morgan fingerprint density at radius 2 is 1.65 bits per heavy atom. The summed E-state index contributed by atoms with van der Waals surface area (Å²) >= 11 is 1.28. The zero-order chi connectivity index (χ0) is 21.1. The van der Waals surface area contributed by atoms with E-state index in [0.717, 1.165) is 27.8 Å². The number of carbonyl (C=O) groups is 1. The Balaban J connectivity index is 1.58. The lowest BCUT2D eigenvalue weighted by Gasteiger charge is -2.17. The van der Waals surface area contributed by atoms with Crippen LogP contribution in [0.25, 0.3) is 21.6 Å². The van der Waals surface area contributed by atoms with Crippen LogP contribution >= 0.6 is 11.3 Å². The summed E-state index contributed by atoms with van der Waals surface area (Å²) in [5.41, 5.74) is 5.67. The molecule has 150 valence electrons. The molecular weight excluding hydrogens is 406 g/mol. The Bertz CT molecular complexity index is 1610. The van der Waals surface area contributed by atoms with Gasteiger partial charge < -0.3 is 4.90 Å². The van der Waals surface area contributed by atoms with Gasteiger partial charge in [-0.05, 0) is 30.7 Å². The molecule has 6 heteroatoms. The maximum absolute atomic E-state index is 13.6. The van der Waals surface area contributed by atoms with Gasteiger partial charge in [0, 0.05) is 5.56 Å². The van der Waals surface area contributed by atoms with Crippen molar-refractivity contribution in [3.63, 3.8) is 0 Å². The summed E-state index contributed by atoms with van der Waals surface area (Å²) < 4.78 is 2.05. The largest absolute Gasteiger partial charge is 0.303 e. The normalized spacial score (nSPS) is 15.3. The molecule has 1 aliphatic heterocycles. The number of fused-ring (bicyclic) bond motifs is 4. The van der Waals surface area contributed by atoms with Crippen molar-refractivity contribution in [3.8, 4) is 0 Å². The summed E-state index contributed by atoms with van der Waals surface area (Å²) in [5.74, 6) is -0.146. The van der Waals surface area contributed by atoms with Gasteiger partial charge in [0.25, 0.3) is 11.5 Å². The summed E-state index contributed by atoms with van der Waals surface area (Å²) in [6, 6.07) is 23.4. The highest BCUT2D eigenvalue weighted by atomic mass is 32.1. The fraction of sp³-hybridized carbons (Fsp3) is 0.0800. The Morgan fingerprint density at radius 1 is 0.903 bits per heavy atom. The molecule has 0 spiro atoms. The zero-order valence-electron chi connectivity index (χ0n) is 16.7. The number of hydrogen-bond donors (Lipinski definition) is 0. The van der Waals surface area contributed by atoms with Crippen molar-refractivity contribution in [1.29, 1.82) is 0 Å². The Kier molecular flexibility index (Phi) is 3.85. The number of nitrogens with zero attached hydrogens (tertiary/aromatic N) is 3. The van der Waals surface area contributed by atoms with Gasteiger partial charge in [0.2, 0.25) is 0 Å². The number of thiazole rings is 1. The number of aryl methyl sites for hydroxylation is 1. The molecule has 1 aliphatic rings. The molecule has 0 saturated heterocycles. The molecule has 2 aromatic heterocycles. The molecule has 0 aliphatic carbocycles. The van der Waals surface area contributed by atoms with Crippen molar-refractivity contribution < 1.29 is 4.79 Å². The molecule has 3 heterocycles. The van der Waals surface area contributed by atoms with Crippen LogP contribution in [-0.4, -0.2) is 15.3 Å². The van der Waals surface area contributed by atoms with Gasteiger partial charge in [-0.2, -0.15) is 0 Å². The minimum Gasteiger partial charge on any atom is -0.303 e. The predicted molar refractivity (Wildman–Crippen MR) is 123 cm³/mol. The van der Waals surface area contributed by atoms with Gasteiger partial charge in [0.05, 0.1) is 28.8 Å². The molecule has 5 aromatic rings. The van der Waals surface area contributed by atoms with Crippen molar-refractivity contribution in [1.82, 2.24) is 9.38 Å². The molecule has 0 N–H and O–H groups in total. The molecule has 31 heavy (non-hydrogen) atoms. The lowest BCUT2D eigenvalue weighted by atomic mass is 10.1. The second kappa shape index (κ2) is 6.62. The zero-order valence-corrected chi connectivity index (χ0v) is 17.5. The van der Waals surface area contributed by atoms with Gasteiger partial charge >= 0.3 is 0 Å². The highest BCUT2D eigenvalue weighted by molar-refractivity contribution is 7.15. The van der Waals surface area contributed by atoms with E-state index in [2.05, 4.69) is 4.98 Å². The van der Waals surface area contributed by atoms with Gasteiger partial charge in [-0.1, -0.05) is 71.5 Å². The Morgan fingerprint density at radius 3 is 2.48 bits per heavy atom. The number of rotatable bonds is 2. The first kappa shape index (κ1) is 18.0. The number of amides is 1. The maximum Gasteiger partial charge on any atom is 0.275 e. The van der Waals surface area contributed by atoms with E-state index in [1.807, 2.05) is 79.7 Å². The van der Waals surface area contributed by atoms with Crippen molar-refractivity contribution in [2.45, 2.75) is 13.5 Å². The van der Waals surface area contributed by atoms with Crippen LogP contribution in [0.1, 0.15) is 16.7 Å². The molecule has 1 amide bonds. The average Bonchev–Trinajstić information content (AvgIpc) is 3.39. The van der Waals surface area contributed by atoms with Gasteiger partial charge in [0.1, 0.15) is 4.53 Å². The molecular formula is C25H17N3O2S. The lowest BCUT2D eigenvalue weighted by molar-refractivity contribution is -0.113. The molecule has 3 aromatic carbocycles. The number of aromatic nitrogens is 2. The number of anilines is 1. The van der Waals surface area contributed by atoms with Gasteiger partial charge in [-0.3, -0.25) is 9.59 Å². The summed E-state index contributed by atoms with van der Waals surface area (Å²) in [6.45, 7) is 2.50. The van der Waals surface area contributed by atoms with E-state index in [9.17, 15) is 9.59 Å². The van der Waals surface area contributed by atoms with Crippen LogP contribution < -0.4 is 15.0 Å². The third-order valence-electron chi connectivity index (χ3n) is 5.73. The first-order chi connectivity index (χ1) is 15.1. The van der Waals surface area contributed by atoms with Crippen molar-refractivity contribution in [2.75, 3.05) is 4.90 Å². The fourth-order valence-corrected chi connectivity index (χ4v) is 5.27. The van der Waals surface area contributed by atoms with Crippen LogP contribution in [0, 0.1) is 6.92 Å². The van der Waals surface area contributed by atoms with Crippen molar-refractivity contribution in [2.24, 2.45) is 0 Å². The monoisotopic (exact) mass is 423 g/mol. The summed E-state index contributed by atoms with van der Waals surface area (Å²) in [4.78, 5) is 33.9. The molecule has 0 unspecified atom stereocenters. The second-order valence-electron chi connectivity index (χ2n) is 7.72. The predicted octanol–water partition coefficient (Wildman–Crippen LogP) is 3.68. The van der Waals surface area contributed by atoms with Crippen LogP contribution in [0.5, 0.6) is 0 Å². The molecule has 0 radical (unpaired) electrons. The van der Waals surface area contributed by atoms with E-state index in [-0.39, 0.29) is 11.5 Å². The molecule has 0 saturated carbocycles. The van der Waals surface area contributed by atoms with Crippen LogP contribution in [0.2, 0.25) is 0 Å². The highest BCUT2D eigenvalue weighted by Gasteiger charge is 2.34. The smallest absolute Gasteiger partial charge is 0.275 e. The van der Waals surface area contributed by atoms with Crippen LogP contribution in [0.15, 0.2) is 77.6 Å². The molecule has 5 nitrogen and oxygen atoms in total. The third kappa shape index (κ3) is 2.65. The van der Waals surface area contributed by atoms with Gasteiger partial charge in [-0.15, -0.1) is 0 Å². The van der Waals surface area contributed by atoms with Crippen LogP contribution in [0.4, 0.5) is 5.69 Å². The van der Waals surface area contributed by atoms with Crippen LogP contribution in [0.3, 0.4) is 0 Å². The van der Waals surface area contributed by atoms with E-state index in [1.54, 1.807) is 9.30 Å². The van der Waals surface area contributed by atoms with E-state index in [4.69, 9.17) is 0 Å². The quantitative estimate of drug-likeness (QED) is 0.435. The topological polar surface area (TPSA) is 54.7 Å². The SMILES string of the molecule is Cc1ccc(CN2C(=O)/C(=c3/sc4nc5ccccc5n4c3=O)c3ccccc32)cc1. The third-order valence-corrected chi connectivity index (χ3v) is 6.77. The Hall–Kier alpha value is -3.77. The number of benzene rings is 3. The first-order valence-corrected chi connectivity index (χ1v) is 10.8. The molecule has 6 rings (SSSR count). The number of hydrogen-bond acceptors (Lipinski definition) is 4. The average molecular weight is 423 g/mol. The van der Waals surface area contributed by atoms with E-state index in [1.165, 1.54) is 16.9 Å². The summed E-state index contributed by atoms with van der Waals surface area (Å²) in [7, 11) is 0. The van der Waals surface area contributed by atoms with E-state index >= 15 is 0 Å². The Labute approximate surface area is 181 Å².